The van der Waals surface area contributed by atoms with Crippen LogP contribution in [-0.4, -0.2) is 24.0 Å². The van der Waals surface area contributed by atoms with Crippen molar-refractivity contribution in [1.29, 1.82) is 0 Å². The van der Waals surface area contributed by atoms with Crippen LogP contribution in [0.1, 0.15) is 25.3 Å². The lowest BCUT2D eigenvalue weighted by atomic mass is 10.1. The zero-order valence-electron chi connectivity index (χ0n) is 10.4. The fraction of sp³-hybridized carbons (Fsp3) is 0.500. The Labute approximate surface area is 106 Å². The summed E-state index contributed by atoms with van der Waals surface area (Å²) in [6, 6.07) is 4.80. The molecule has 0 bridgehead atoms. The molecule has 1 aromatic carbocycles. The van der Waals surface area contributed by atoms with Gasteiger partial charge in [0.25, 0.3) is 0 Å². The average molecular weight is 249 g/mol. The van der Waals surface area contributed by atoms with Crippen LogP contribution in [0.4, 0.5) is 4.39 Å². The summed E-state index contributed by atoms with van der Waals surface area (Å²) in [7, 11) is 0. The highest BCUT2D eigenvalue weighted by atomic mass is 19.1. The van der Waals surface area contributed by atoms with E-state index in [0.717, 1.165) is 12.8 Å². The number of ether oxygens (including phenoxy) is 1. The van der Waals surface area contributed by atoms with E-state index in [9.17, 15) is 9.18 Å². The molecule has 1 saturated carbocycles. The molecule has 4 heteroatoms. The molecular formula is C14H16FNO2. The van der Waals surface area contributed by atoms with Gasteiger partial charge in [0.1, 0.15) is 18.2 Å². The van der Waals surface area contributed by atoms with E-state index in [-0.39, 0.29) is 17.1 Å². The van der Waals surface area contributed by atoms with E-state index in [0.29, 0.717) is 31.0 Å². The molecule has 0 N–H and O–H groups in total. The largest absolute Gasteiger partial charge is 0.491 e. The second kappa shape index (κ2) is 3.97. The number of halogens is 1. The van der Waals surface area contributed by atoms with Crippen molar-refractivity contribution < 1.29 is 13.9 Å². The molecule has 1 amide bonds. The molecule has 1 fully saturated rings. The monoisotopic (exact) mass is 249 g/mol. The van der Waals surface area contributed by atoms with Gasteiger partial charge in [-0.15, -0.1) is 0 Å². The molecule has 0 saturated heterocycles. The number of nitrogens with zero attached hydrogens (tertiary/aromatic N) is 1. The fourth-order valence-electron chi connectivity index (χ4n) is 2.32. The van der Waals surface area contributed by atoms with Crippen molar-refractivity contribution >= 4 is 5.91 Å². The van der Waals surface area contributed by atoms with Gasteiger partial charge in [0, 0.05) is 11.0 Å². The quantitative estimate of drug-likeness (QED) is 0.764. The van der Waals surface area contributed by atoms with Crippen LogP contribution in [0.3, 0.4) is 0 Å². The smallest absolute Gasteiger partial charge is 0.228 e. The maximum absolute atomic E-state index is 13.8. The van der Waals surface area contributed by atoms with E-state index in [1.165, 1.54) is 6.07 Å². The van der Waals surface area contributed by atoms with Crippen LogP contribution in [0.25, 0.3) is 0 Å². The van der Waals surface area contributed by atoms with Crippen molar-refractivity contribution in [1.82, 2.24) is 4.90 Å². The Kier molecular flexibility index (Phi) is 2.54. The molecule has 0 aromatic heterocycles. The standard InChI is InChI=1S/C14H16FNO2/c1-14(5-6-14)13(17)16-7-8-18-12-4-2-3-11(15)10(12)9-16/h2-4H,5-9H2,1H3. The Hall–Kier alpha value is -1.58. The summed E-state index contributed by atoms with van der Waals surface area (Å²) < 4.78 is 19.3. The topological polar surface area (TPSA) is 29.5 Å². The van der Waals surface area contributed by atoms with Gasteiger partial charge >= 0.3 is 0 Å². The summed E-state index contributed by atoms with van der Waals surface area (Å²) in [6.07, 6.45) is 1.88. The average Bonchev–Trinajstić information content (AvgIpc) is 3.12. The maximum atomic E-state index is 13.8. The van der Waals surface area contributed by atoms with Crippen molar-refractivity contribution in [3.05, 3.63) is 29.6 Å². The molecule has 2 aliphatic rings. The lowest BCUT2D eigenvalue weighted by Gasteiger charge is -2.23. The number of amides is 1. The summed E-state index contributed by atoms with van der Waals surface area (Å²) in [5.41, 5.74) is 0.281. The third-order valence-corrected chi connectivity index (χ3v) is 3.85. The van der Waals surface area contributed by atoms with E-state index in [2.05, 4.69) is 0 Å². The molecular weight excluding hydrogens is 233 g/mol. The van der Waals surface area contributed by atoms with Crippen molar-refractivity contribution in [3.63, 3.8) is 0 Å². The summed E-state index contributed by atoms with van der Waals surface area (Å²) in [6.45, 7) is 3.25. The summed E-state index contributed by atoms with van der Waals surface area (Å²) >= 11 is 0. The van der Waals surface area contributed by atoms with Crippen LogP contribution >= 0.6 is 0 Å². The first-order valence-electron chi connectivity index (χ1n) is 6.30. The van der Waals surface area contributed by atoms with Gasteiger partial charge in [0.05, 0.1) is 13.1 Å². The van der Waals surface area contributed by atoms with Gasteiger partial charge in [-0.25, -0.2) is 4.39 Å². The Balaban J connectivity index is 1.88. The Bertz CT molecular complexity index is 497. The van der Waals surface area contributed by atoms with Gasteiger partial charge in [-0.1, -0.05) is 13.0 Å². The van der Waals surface area contributed by atoms with Crippen LogP contribution in [0.2, 0.25) is 0 Å². The highest BCUT2D eigenvalue weighted by molar-refractivity contribution is 5.85. The zero-order valence-corrected chi connectivity index (χ0v) is 10.4. The van der Waals surface area contributed by atoms with Crippen LogP contribution in [-0.2, 0) is 11.3 Å². The van der Waals surface area contributed by atoms with E-state index in [4.69, 9.17) is 4.74 Å². The SMILES string of the molecule is CC1(C(=O)N2CCOc3cccc(F)c3C2)CC1. The Morgan fingerprint density at radius 1 is 1.44 bits per heavy atom. The molecule has 0 atom stereocenters. The molecule has 3 nitrogen and oxygen atoms in total. The van der Waals surface area contributed by atoms with Crippen LogP contribution in [0.15, 0.2) is 18.2 Å². The van der Waals surface area contributed by atoms with Crippen LogP contribution in [0.5, 0.6) is 5.75 Å². The highest BCUT2D eigenvalue weighted by Crippen LogP contribution is 2.47. The first-order valence-corrected chi connectivity index (χ1v) is 6.30. The van der Waals surface area contributed by atoms with Crippen molar-refractivity contribution in [2.75, 3.05) is 13.2 Å². The van der Waals surface area contributed by atoms with Gasteiger partial charge < -0.3 is 9.64 Å². The molecule has 3 rings (SSSR count). The van der Waals surface area contributed by atoms with Gasteiger partial charge in [-0.3, -0.25) is 4.79 Å². The van der Waals surface area contributed by atoms with Gasteiger partial charge in [-0.05, 0) is 25.0 Å². The van der Waals surface area contributed by atoms with Gasteiger partial charge in [-0.2, -0.15) is 0 Å². The molecule has 1 aromatic rings. The minimum Gasteiger partial charge on any atom is -0.491 e. The lowest BCUT2D eigenvalue weighted by molar-refractivity contribution is -0.137. The van der Waals surface area contributed by atoms with Crippen LogP contribution < -0.4 is 4.74 Å². The zero-order chi connectivity index (χ0) is 12.8. The minimum absolute atomic E-state index is 0.127. The number of benzene rings is 1. The molecule has 1 aliphatic heterocycles. The molecule has 96 valence electrons. The number of fused-ring (bicyclic) bond motifs is 1. The van der Waals surface area contributed by atoms with Crippen LogP contribution in [0, 0.1) is 11.2 Å². The Morgan fingerprint density at radius 3 is 2.94 bits per heavy atom. The number of hydrogen-bond acceptors (Lipinski definition) is 2. The Morgan fingerprint density at radius 2 is 2.22 bits per heavy atom. The van der Waals surface area contributed by atoms with E-state index >= 15 is 0 Å². The minimum atomic E-state index is -0.298. The predicted octanol–water partition coefficient (Wildman–Crippen LogP) is 2.35. The lowest BCUT2D eigenvalue weighted by Crippen LogP contribution is -2.37. The summed E-state index contributed by atoms with van der Waals surface area (Å²) in [4.78, 5) is 14.0. The molecule has 1 aliphatic carbocycles. The number of hydrogen-bond donors (Lipinski definition) is 0. The maximum Gasteiger partial charge on any atom is 0.228 e. The number of carbonyl (C=O) groups is 1. The van der Waals surface area contributed by atoms with Gasteiger partial charge in [0.2, 0.25) is 5.91 Å². The number of rotatable bonds is 1. The van der Waals surface area contributed by atoms with Crippen molar-refractivity contribution in [2.24, 2.45) is 5.41 Å². The first kappa shape index (κ1) is 11.5. The van der Waals surface area contributed by atoms with Gasteiger partial charge in [0.15, 0.2) is 0 Å². The van der Waals surface area contributed by atoms with Crippen molar-refractivity contribution in [2.45, 2.75) is 26.3 Å². The summed E-state index contributed by atoms with van der Waals surface area (Å²) in [5.74, 6) is 0.390. The fourth-order valence-corrected chi connectivity index (χ4v) is 2.32. The molecule has 0 unspecified atom stereocenters. The predicted molar refractivity (Wildman–Crippen MR) is 64.7 cm³/mol. The second-order valence-corrected chi connectivity index (χ2v) is 5.35. The van der Waals surface area contributed by atoms with E-state index in [1.54, 1.807) is 17.0 Å². The molecule has 18 heavy (non-hydrogen) atoms. The normalized spacial score (nSPS) is 20.7. The first-order chi connectivity index (χ1) is 8.60. The number of carbonyl (C=O) groups excluding carboxylic acids is 1. The van der Waals surface area contributed by atoms with E-state index < -0.39 is 0 Å². The van der Waals surface area contributed by atoms with E-state index in [1.807, 2.05) is 6.92 Å². The highest BCUT2D eigenvalue weighted by Gasteiger charge is 2.47. The third kappa shape index (κ3) is 1.85. The molecule has 0 radical (unpaired) electrons. The molecule has 1 heterocycles. The second-order valence-electron chi connectivity index (χ2n) is 5.35. The third-order valence-electron chi connectivity index (χ3n) is 3.85. The molecule has 0 spiro atoms. The van der Waals surface area contributed by atoms with Crippen molar-refractivity contribution in [3.8, 4) is 5.75 Å². The summed E-state index contributed by atoms with van der Waals surface area (Å²) in [5, 5.41) is 0.